The number of halogens is 2. The Morgan fingerprint density at radius 3 is 3.00 bits per heavy atom. The quantitative estimate of drug-likeness (QED) is 0.556. The summed E-state index contributed by atoms with van der Waals surface area (Å²) >= 11 is 8.08. The zero-order valence-electron chi connectivity index (χ0n) is 10.6. The number of hydrogen-bond acceptors (Lipinski definition) is 6. The molecule has 4 atom stereocenters. The third-order valence-corrected chi connectivity index (χ3v) is 5.04. The van der Waals surface area contributed by atoms with Gasteiger partial charge in [0.25, 0.3) is 6.01 Å². The number of rotatable bonds is 2. The van der Waals surface area contributed by atoms with E-state index < -0.39 is 6.10 Å². The van der Waals surface area contributed by atoms with Crippen molar-refractivity contribution in [3.63, 3.8) is 0 Å². The lowest BCUT2D eigenvalue weighted by atomic mass is 10.1. The van der Waals surface area contributed by atoms with Crippen LogP contribution in [0.2, 0.25) is 5.02 Å². The molecule has 7 nitrogen and oxygen atoms in total. The van der Waals surface area contributed by atoms with Gasteiger partial charge in [-0.2, -0.15) is 4.98 Å². The zero-order valence-corrected chi connectivity index (χ0v) is 13.5. The van der Waals surface area contributed by atoms with Crippen molar-refractivity contribution < 1.29 is 19.3 Å². The van der Waals surface area contributed by atoms with Gasteiger partial charge in [0.05, 0.1) is 23.8 Å². The van der Waals surface area contributed by atoms with Crippen molar-refractivity contribution in [2.45, 2.75) is 24.4 Å². The van der Waals surface area contributed by atoms with Crippen LogP contribution < -0.4 is 4.74 Å². The van der Waals surface area contributed by atoms with Crippen molar-refractivity contribution >= 4 is 45.4 Å². The normalized spacial score (nSPS) is 31.8. The van der Waals surface area contributed by atoms with E-state index in [1.807, 2.05) is 22.6 Å². The van der Waals surface area contributed by atoms with Gasteiger partial charge < -0.3 is 24.3 Å². The first-order valence-corrected chi connectivity index (χ1v) is 7.87. The molecule has 4 rings (SSSR count). The van der Waals surface area contributed by atoms with Gasteiger partial charge >= 0.3 is 0 Å². The van der Waals surface area contributed by atoms with E-state index in [9.17, 15) is 5.11 Å². The third-order valence-electron chi connectivity index (χ3n) is 3.61. The number of hydrogen-bond donors (Lipinski definition) is 2. The minimum atomic E-state index is -0.596. The third kappa shape index (κ3) is 2.38. The van der Waals surface area contributed by atoms with Crippen molar-refractivity contribution in [2.24, 2.45) is 0 Å². The zero-order chi connectivity index (χ0) is 14.6. The predicted molar refractivity (Wildman–Crippen MR) is 81.5 cm³/mol. The first-order valence-electron chi connectivity index (χ1n) is 6.41. The maximum atomic E-state index is 9.70. The Bertz CT molecular complexity index is 657. The van der Waals surface area contributed by atoms with E-state index in [0.717, 1.165) is 0 Å². The summed E-state index contributed by atoms with van der Waals surface area (Å²) in [6.45, 7) is 0.625. The standard InChI is InChI=1S/C12H11ClIN3O4/c13-4-1-5-11(16-10(4)14)17-12(15-5)21-7-3-20-8-6(18)2-19-9(7)8/h1,6-9,18H,2-3H2,(H,15,16,17)/t6-,7-,8-,9-/m1/s1. The molecule has 2 fully saturated rings. The van der Waals surface area contributed by atoms with E-state index in [0.29, 0.717) is 32.5 Å². The van der Waals surface area contributed by atoms with Gasteiger partial charge in [0, 0.05) is 0 Å². The molecule has 9 heteroatoms. The Labute approximate surface area is 138 Å². The molecule has 21 heavy (non-hydrogen) atoms. The highest BCUT2D eigenvalue weighted by Crippen LogP contribution is 2.30. The Balaban J connectivity index is 1.57. The van der Waals surface area contributed by atoms with E-state index in [4.69, 9.17) is 25.8 Å². The van der Waals surface area contributed by atoms with Crippen molar-refractivity contribution in [1.29, 1.82) is 0 Å². The molecule has 0 bridgehead atoms. The molecule has 0 radical (unpaired) electrons. The number of H-pyrrole nitrogens is 1. The van der Waals surface area contributed by atoms with Crippen LogP contribution in [0.4, 0.5) is 0 Å². The summed E-state index contributed by atoms with van der Waals surface area (Å²) in [7, 11) is 0. The molecule has 2 aromatic heterocycles. The number of aromatic amines is 1. The van der Waals surface area contributed by atoms with Crippen LogP contribution in [-0.4, -0.2) is 57.7 Å². The summed E-state index contributed by atoms with van der Waals surface area (Å²) < 4.78 is 17.5. The first kappa shape index (κ1) is 13.9. The van der Waals surface area contributed by atoms with E-state index >= 15 is 0 Å². The molecule has 2 aliphatic heterocycles. The Hall–Kier alpha value is -0.680. The first-order chi connectivity index (χ1) is 10.1. The number of fused-ring (bicyclic) bond motifs is 2. The topological polar surface area (TPSA) is 89.5 Å². The maximum Gasteiger partial charge on any atom is 0.296 e. The van der Waals surface area contributed by atoms with E-state index in [1.165, 1.54) is 0 Å². The van der Waals surface area contributed by atoms with Gasteiger partial charge in [-0.15, -0.1) is 0 Å². The lowest BCUT2D eigenvalue weighted by Crippen LogP contribution is -2.34. The lowest BCUT2D eigenvalue weighted by molar-refractivity contribution is 0.00706. The molecule has 0 spiro atoms. The summed E-state index contributed by atoms with van der Waals surface area (Å²) in [6.07, 6.45) is -1.50. The maximum absolute atomic E-state index is 9.70. The van der Waals surface area contributed by atoms with Crippen LogP contribution in [0.3, 0.4) is 0 Å². The fourth-order valence-corrected chi connectivity index (χ4v) is 3.15. The number of nitrogens with zero attached hydrogens (tertiary/aromatic N) is 2. The molecule has 0 saturated carbocycles. The van der Waals surface area contributed by atoms with E-state index in [2.05, 4.69) is 15.0 Å². The van der Waals surface area contributed by atoms with Gasteiger partial charge in [-0.05, 0) is 28.7 Å². The summed E-state index contributed by atoms with van der Waals surface area (Å²) in [5.74, 6) is 0. The van der Waals surface area contributed by atoms with Crippen LogP contribution >= 0.6 is 34.2 Å². The monoisotopic (exact) mass is 423 g/mol. The van der Waals surface area contributed by atoms with Crippen molar-refractivity contribution in [1.82, 2.24) is 15.0 Å². The van der Waals surface area contributed by atoms with Crippen LogP contribution in [0.5, 0.6) is 6.01 Å². The molecule has 4 heterocycles. The Morgan fingerprint density at radius 1 is 1.33 bits per heavy atom. The summed E-state index contributed by atoms with van der Waals surface area (Å²) in [5.41, 5.74) is 1.25. The number of aromatic nitrogens is 3. The molecule has 2 aliphatic rings. The molecular weight excluding hydrogens is 413 g/mol. The fourth-order valence-electron chi connectivity index (χ4n) is 2.62. The van der Waals surface area contributed by atoms with Crippen molar-refractivity contribution in [3.8, 4) is 6.01 Å². The van der Waals surface area contributed by atoms with Crippen LogP contribution in [0.1, 0.15) is 0 Å². The average Bonchev–Trinajstić information content (AvgIpc) is 3.10. The predicted octanol–water partition coefficient (Wildman–Crippen LogP) is 1.12. The number of imidazole rings is 1. The van der Waals surface area contributed by atoms with Gasteiger partial charge in [-0.1, -0.05) is 11.6 Å². The van der Waals surface area contributed by atoms with Crippen LogP contribution in [0, 0.1) is 3.70 Å². The van der Waals surface area contributed by atoms with Crippen LogP contribution in [0.25, 0.3) is 11.2 Å². The van der Waals surface area contributed by atoms with Crippen LogP contribution in [-0.2, 0) is 9.47 Å². The van der Waals surface area contributed by atoms with Gasteiger partial charge in [0.2, 0.25) is 0 Å². The Morgan fingerprint density at radius 2 is 2.14 bits per heavy atom. The molecule has 0 aliphatic carbocycles. The fraction of sp³-hybridized carbons (Fsp3) is 0.500. The molecule has 0 amide bonds. The van der Waals surface area contributed by atoms with Gasteiger partial charge in [0.15, 0.2) is 11.8 Å². The highest BCUT2D eigenvalue weighted by Gasteiger charge is 2.48. The van der Waals surface area contributed by atoms with Gasteiger partial charge in [-0.25, -0.2) is 4.98 Å². The number of ether oxygens (including phenoxy) is 3. The molecule has 2 saturated heterocycles. The molecule has 0 unspecified atom stereocenters. The summed E-state index contributed by atoms with van der Waals surface area (Å²) in [4.78, 5) is 11.6. The van der Waals surface area contributed by atoms with Gasteiger partial charge in [-0.3, -0.25) is 0 Å². The number of aliphatic hydroxyl groups is 1. The molecule has 112 valence electrons. The number of nitrogens with one attached hydrogen (secondary N) is 1. The van der Waals surface area contributed by atoms with Crippen molar-refractivity contribution in [2.75, 3.05) is 13.2 Å². The van der Waals surface area contributed by atoms with Crippen LogP contribution in [0.15, 0.2) is 6.07 Å². The second-order valence-electron chi connectivity index (χ2n) is 4.99. The number of aliphatic hydroxyl groups excluding tert-OH is 1. The molecule has 2 N–H and O–H groups in total. The number of pyridine rings is 1. The minimum absolute atomic E-state index is 0.269. The second-order valence-corrected chi connectivity index (χ2v) is 6.42. The van der Waals surface area contributed by atoms with Crippen molar-refractivity contribution in [3.05, 3.63) is 14.8 Å². The summed E-state index contributed by atoms with van der Waals surface area (Å²) in [6, 6.07) is 2.10. The average molecular weight is 424 g/mol. The Kier molecular flexibility index (Phi) is 3.45. The highest BCUT2D eigenvalue weighted by atomic mass is 127. The smallest absolute Gasteiger partial charge is 0.296 e. The lowest BCUT2D eigenvalue weighted by Gasteiger charge is -2.15. The van der Waals surface area contributed by atoms with E-state index in [-0.39, 0.29) is 24.9 Å². The van der Waals surface area contributed by atoms with Gasteiger partial charge in [0.1, 0.15) is 22.0 Å². The molecule has 0 aromatic carbocycles. The molecule has 2 aromatic rings. The van der Waals surface area contributed by atoms with E-state index in [1.54, 1.807) is 6.07 Å². The highest BCUT2D eigenvalue weighted by molar-refractivity contribution is 14.1. The largest absolute Gasteiger partial charge is 0.456 e. The second kappa shape index (κ2) is 5.20. The SMILES string of the molecule is O[C@@H]1CO[C@H]2[C@@H]1OC[C@H]2Oc1nc2nc(I)c(Cl)cc2[nH]1. The molecular formula is C12H11ClIN3O4. The summed E-state index contributed by atoms with van der Waals surface area (Å²) in [5, 5.41) is 10.3. The minimum Gasteiger partial charge on any atom is -0.456 e.